The number of aryl methyl sites for hydroxylation is 1. The molecule has 0 spiro atoms. The molecule has 1 saturated heterocycles. The van der Waals surface area contributed by atoms with Crippen LogP contribution < -0.4 is 16.0 Å². The Balaban J connectivity index is 0.00000264. The molecule has 1 atom stereocenters. The third-order valence-electron chi connectivity index (χ3n) is 3.28. The van der Waals surface area contributed by atoms with Gasteiger partial charge in [0, 0.05) is 30.5 Å². The summed E-state index contributed by atoms with van der Waals surface area (Å²) in [6.45, 7) is 2.80. The van der Waals surface area contributed by atoms with E-state index in [9.17, 15) is 9.59 Å². The van der Waals surface area contributed by atoms with Crippen molar-refractivity contribution in [2.75, 3.05) is 29.9 Å². The Labute approximate surface area is 151 Å². The van der Waals surface area contributed by atoms with Crippen molar-refractivity contribution in [1.82, 2.24) is 10.6 Å². The smallest absolute Gasteiger partial charge is 0.243 e. The number of carbonyl (C=O) groups is 2. The van der Waals surface area contributed by atoms with Crippen LogP contribution in [0.15, 0.2) is 18.2 Å². The van der Waals surface area contributed by atoms with Gasteiger partial charge in [0.1, 0.15) is 0 Å². The Morgan fingerprint density at radius 3 is 2.83 bits per heavy atom. The molecule has 128 valence electrons. The third-order valence-corrected chi connectivity index (χ3v) is 4.72. The summed E-state index contributed by atoms with van der Waals surface area (Å²) in [5, 5.41) is 9.11. The van der Waals surface area contributed by atoms with E-state index in [1.54, 1.807) is 12.1 Å². The highest BCUT2D eigenvalue weighted by molar-refractivity contribution is 7.99. The molecule has 1 heterocycles. The van der Waals surface area contributed by atoms with Gasteiger partial charge in [0.2, 0.25) is 11.8 Å². The lowest BCUT2D eigenvalue weighted by atomic mass is 10.2. The van der Waals surface area contributed by atoms with E-state index in [1.807, 2.05) is 24.8 Å². The summed E-state index contributed by atoms with van der Waals surface area (Å²) in [5.41, 5.74) is 1.58. The average Bonchev–Trinajstić information content (AvgIpc) is 2.49. The molecule has 2 amide bonds. The zero-order valence-corrected chi connectivity index (χ0v) is 15.2. The summed E-state index contributed by atoms with van der Waals surface area (Å²) in [6.07, 6.45) is 0.394. The van der Waals surface area contributed by atoms with Gasteiger partial charge < -0.3 is 16.0 Å². The summed E-state index contributed by atoms with van der Waals surface area (Å²) >= 11 is 7.89. The van der Waals surface area contributed by atoms with E-state index in [1.165, 1.54) is 0 Å². The van der Waals surface area contributed by atoms with E-state index in [0.717, 1.165) is 23.6 Å². The van der Waals surface area contributed by atoms with E-state index in [4.69, 9.17) is 11.6 Å². The number of benzene rings is 1. The van der Waals surface area contributed by atoms with Crippen molar-refractivity contribution in [1.29, 1.82) is 0 Å². The quantitative estimate of drug-likeness (QED) is 0.735. The Hall–Kier alpha value is -0.950. The predicted molar refractivity (Wildman–Crippen MR) is 98.8 cm³/mol. The predicted octanol–water partition coefficient (Wildman–Crippen LogP) is 2.22. The first-order valence-corrected chi connectivity index (χ1v) is 8.71. The number of carbonyl (C=O) groups excluding carboxylic acids is 2. The highest BCUT2D eigenvalue weighted by atomic mass is 35.5. The van der Waals surface area contributed by atoms with Gasteiger partial charge in [-0.3, -0.25) is 9.59 Å². The summed E-state index contributed by atoms with van der Waals surface area (Å²) in [5.74, 6) is 1.60. The summed E-state index contributed by atoms with van der Waals surface area (Å²) in [7, 11) is 0. The number of thioether (sulfide) groups is 1. The van der Waals surface area contributed by atoms with E-state index in [0.29, 0.717) is 17.1 Å². The number of halogens is 2. The van der Waals surface area contributed by atoms with Gasteiger partial charge in [0.05, 0.1) is 17.3 Å². The van der Waals surface area contributed by atoms with Crippen molar-refractivity contribution in [2.24, 2.45) is 0 Å². The monoisotopic (exact) mass is 377 g/mol. The van der Waals surface area contributed by atoms with Crippen molar-refractivity contribution >= 4 is 53.3 Å². The molecule has 1 fully saturated rings. The SMILES string of the molecule is Cc1ccc(NC(=O)CNC(=O)CC2CSCCN2)c(Cl)c1.Cl. The largest absolute Gasteiger partial charge is 0.347 e. The summed E-state index contributed by atoms with van der Waals surface area (Å²) in [4.78, 5) is 23.7. The molecule has 1 aromatic carbocycles. The van der Waals surface area contributed by atoms with Gasteiger partial charge in [-0.15, -0.1) is 12.4 Å². The van der Waals surface area contributed by atoms with Crippen LogP contribution in [-0.2, 0) is 9.59 Å². The molecule has 1 aliphatic rings. The molecular weight excluding hydrogens is 357 g/mol. The molecule has 1 aliphatic heterocycles. The van der Waals surface area contributed by atoms with E-state index in [2.05, 4.69) is 16.0 Å². The lowest BCUT2D eigenvalue weighted by Gasteiger charge is -2.22. The van der Waals surface area contributed by atoms with Crippen LogP contribution in [0, 0.1) is 6.92 Å². The lowest BCUT2D eigenvalue weighted by Crippen LogP contribution is -2.42. The molecule has 8 heteroatoms. The summed E-state index contributed by atoms with van der Waals surface area (Å²) in [6, 6.07) is 5.59. The molecule has 0 aliphatic carbocycles. The van der Waals surface area contributed by atoms with Gasteiger partial charge in [-0.05, 0) is 24.6 Å². The van der Waals surface area contributed by atoms with E-state index >= 15 is 0 Å². The van der Waals surface area contributed by atoms with Gasteiger partial charge in [0.25, 0.3) is 0 Å². The molecule has 0 radical (unpaired) electrons. The third kappa shape index (κ3) is 6.99. The first-order valence-electron chi connectivity index (χ1n) is 7.18. The van der Waals surface area contributed by atoms with Crippen molar-refractivity contribution in [3.63, 3.8) is 0 Å². The molecule has 23 heavy (non-hydrogen) atoms. The maximum Gasteiger partial charge on any atom is 0.243 e. The molecule has 3 N–H and O–H groups in total. The first-order chi connectivity index (χ1) is 10.5. The Bertz CT molecular complexity index is 552. The maximum atomic E-state index is 11.8. The van der Waals surface area contributed by atoms with Crippen LogP contribution in [0.1, 0.15) is 12.0 Å². The van der Waals surface area contributed by atoms with E-state index < -0.39 is 0 Å². The molecule has 0 aromatic heterocycles. The highest BCUT2D eigenvalue weighted by Gasteiger charge is 2.17. The van der Waals surface area contributed by atoms with Gasteiger partial charge in [-0.25, -0.2) is 0 Å². The van der Waals surface area contributed by atoms with Crippen molar-refractivity contribution < 1.29 is 9.59 Å². The number of hydrogen-bond acceptors (Lipinski definition) is 4. The highest BCUT2D eigenvalue weighted by Crippen LogP contribution is 2.22. The Kier molecular flexibility index (Phi) is 8.76. The van der Waals surface area contributed by atoms with E-state index in [-0.39, 0.29) is 36.8 Å². The van der Waals surface area contributed by atoms with Gasteiger partial charge in [0.15, 0.2) is 0 Å². The van der Waals surface area contributed by atoms with Crippen LogP contribution in [0.2, 0.25) is 5.02 Å². The summed E-state index contributed by atoms with van der Waals surface area (Å²) < 4.78 is 0. The van der Waals surface area contributed by atoms with Crippen LogP contribution in [0.3, 0.4) is 0 Å². The van der Waals surface area contributed by atoms with Crippen LogP contribution >= 0.6 is 35.8 Å². The zero-order chi connectivity index (χ0) is 15.9. The standard InChI is InChI=1S/C15H20ClN3O2S.ClH/c1-10-2-3-13(12(16)6-10)19-15(21)8-18-14(20)7-11-9-22-5-4-17-11;/h2-3,6,11,17H,4-5,7-9H2,1H3,(H,18,20)(H,19,21);1H. The topological polar surface area (TPSA) is 70.2 Å². The number of hydrogen-bond donors (Lipinski definition) is 3. The molecule has 0 bridgehead atoms. The number of rotatable bonds is 5. The second-order valence-corrected chi connectivity index (χ2v) is 6.80. The first kappa shape index (κ1) is 20.1. The second kappa shape index (κ2) is 10.0. The minimum Gasteiger partial charge on any atom is -0.347 e. The fourth-order valence-corrected chi connectivity index (χ4v) is 3.37. The van der Waals surface area contributed by atoms with Crippen LogP contribution in [-0.4, -0.2) is 42.5 Å². The van der Waals surface area contributed by atoms with Crippen LogP contribution in [0.25, 0.3) is 0 Å². The molecule has 5 nitrogen and oxygen atoms in total. The maximum absolute atomic E-state index is 11.8. The van der Waals surface area contributed by atoms with Crippen molar-refractivity contribution in [2.45, 2.75) is 19.4 Å². The minimum atomic E-state index is -0.287. The number of amides is 2. The fourth-order valence-electron chi connectivity index (χ4n) is 2.14. The minimum absolute atomic E-state index is 0. The number of nitrogens with one attached hydrogen (secondary N) is 3. The van der Waals surface area contributed by atoms with Crippen molar-refractivity contribution in [3.05, 3.63) is 28.8 Å². The van der Waals surface area contributed by atoms with Gasteiger partial charge >= 0.3 is 0 Å². The van der Waals surface area contributed by atoms with Crippen LogP contribution in [0.4, 0.5) is 5.69 Å². The molecule has 0 saturated carbocycles. The molecule has 1 unspecified atom stereocenters. The molecule has 1 aromatic rings. The normalized spacial score (nSPS) is 17.0. The van der Waals surface area contributed by atoms with Crippen molar-refractivity contribution in [3.8, 4) is 0 Å². The van der Waals surface area contributed by atoms with Gasteiger partial charge in [-0.2, -0.15) is 11.8 Å². The zero-order valence-electron chi connectivity index (χ0n) is 12.9. The lowest BCUT2D eigenvalue weighted by molar-refractivity contribution is -0.124. The molecular formula is C15H21Cl2N3O2S. The Morgan fingerprint density at radius 2 is 2.17 bits per heavy atom. The second-order valence-electron chi connectivity index (χ2n) is 5.24. The Morgan fingerprint density at radius 1 is 1.39 bits per heavy atom. The number of anilines is 1. The van der Waals surface area contributed by atoms with Crippen LogP contribution in [0.5, 0.6) is 0 Å². The average molecular weight is 378 g/mol. The van der Waals surface area contributed by atoms with Gasteiger partial charge in [-0.1, -0.05) is 17.7 Å². The molecule has 2 rings (SSSR count). The fraction of sp³-hybridized carbons (Fsp3) is 0.467.